The van der Waals surface area contributed by atoms with Crippen molar-refractivity contribution in [3.8, 4) is 22.5 Å². The number of hydrogen-bond acceptors (Lipinski definition) is 5. The predicted octanol–water partition coefficient (Wildman–Crippen LogP) is 7.15. The zero-order valence-electron chi connectivity index (χ0n) is 18.1. The summed E-state index contributed by atoms with van der Waals surface area (Å²) in [5, 5.41) is 0.460. The molecular weight excluding hydrogens is 554 g/mol. The van der Waals surface area contributed by atoms with Crippen molar-refractivity contribution in [3.05, 3.63) is 86.4 Å². The largest absolute Gasteiger partial charge is 0.363 e. The molecule has 0 saturated carbocycles. The minimum absolute atomic E-state index is 0.460. The van der Waals surface area contributed by atoms with Gasteiger partial charge in [-0.15, -0.1) is 0 Å². The van der Waals surface area contributed by atoms with Crippen LogP contribution in [0.2, 0.25) is 5.15 Å². The van der Waals surface area contributed by atoms with Crippen LogP contribution in [-0.4, -0.2) is 34.0 Å². The molecule has 2 heterocycles. The second-order valence-corrected chi connectivity index (χ2v) is 9.52. The van der Waals surface area contributed by atoms with Crippen molar-refractivity contribution in [3.63, 3.8) is 0 Å². The van der Waals surface area contributed by atoms with Crippen LogP contribution in [0.4, 0.5) is 5.82 Å². The van der Waals surface area contributed by atoms with E-state index in [2.05, 4.69) is 70.9 Å². The molecule has 0 aliphatic heterocycles. The monoisotopic (exact) mass is 573 g/mol. The van der Waals surface area contributed by atoms with E-state index in [-0.39, 0.29) is 0 Å². The molecule has 4 rings (SSSR count). The van der Waals surface area contributed by atoms with Crippen molar-refractivity contribution in [1.82, 2.24) is 19.9 Å². The highest BCUT2D eigenvalue weighted by Crippen LogP contribution is 2.26. The van der Waals surface area contributed by atoms with Gasteiger partial charge in [0.1, 0.15) is 23.6 Å². The molecule has 0 spiro atoms. The smallest absolute Gasteiger partial charge is 0.133 e. The third kappa shape index (κ3) is 6.34. The molecule has 0 atom stereocenters. The van der Waals surface area contributed by atoms with E-state index < -0.39 is 0 Å². The molecule has 164 valence electrons. The first-order chi connectivity index (χ1) is 15.2. The zero-order chi connectivity index (χ0) is 23.3. The molecule has 2 aromatic carbocycles. The van der Waals surface area contributed by atoms with Crippen LogP contribution < -0.4 is 4.90 Å². The van der Waals surface area contributed by atoms with Gasteiger partial charge in [-0.2, -0.15) is 0 Å². The standard InChI is InChI=1S/C13H14BrN3.C11H8BrClN2/c1-9-6-10(14)4-5-11(9)12-7-13(17(2)3)16-8-15-12;1-7-4-8(12)2-3-9(7)10-5-11(13)15-6-14-10/h4-8H,1-3H3;2-6H,1H3. The van der Waals surface area contributed by atoms with Crippen LogP contribution in [0.3, 0.4) is 0 Å². The fourth-order valence-corrected chi connectivity index (χ4v) is 4.15. The van der Waals surface area contributed by atoms with Crippen LogP contribution in [0.5, 0.6) is 0 Å². The Hall–Kier alpha value is -2.35. The molecule has 0 bridgehead atoms. The van der Waals surface area contributed by atoms with Gasteiger partial charge in [0.15, 0.2) is 0 Å². The normalized spacial score (nSPS) is 10.3. The van der Waals surface area contributed by atoms with Gasteiger partial charge in [-0.3, -0.25) is 0 Å². The van der Waals surface area contributed by atoms with Crippen molar-refractivity contribution in [2.75, 3.05) is 19.0 Å². The van der Waals surface area contributed by atoms with Crippen molar-refractivity contribution in [1.29, 1.82) is 0 Å². The minimum Gasteiger partial charge on any atom is -0.363 e. The van der Waals surface area contributed by atoms with E-state index in [1.807, 2.05) is 56.3 Å². The summed E-state index contributed by atoms with van der Waals surface area (Å²) < 4.78 is 2.14. The van der Waals surface area contributed by atoms with E-state index in [0.717, 1.165) is 42.8 Å². The fraction of sp³-hybridized carbons (Fsp3) is 0.167. The van der Waals surface area contributed by atoms with Crippen molar-refractivity contribution >= 4 is 49.3 Å². The van der Waals surface area contributed by atoms with Gasteiger partial charge in [0.05, 0.1) is 11.4 Å². The molecule has 0 unspecified atom stereocenters. The number of aryl methyl sites for hydroxylation is 2. The molecule has 0 saturated heterocycles. The summed E-state index contributed by atoms with van der Waals surface area (Å²) in [6.45, 7) is 4.12. The maximum Gasteiger partial charge on any atom is 0.133 e. The van der Waals surface area contributed by atoms with Gasteiger partial charge in [0.2, 0.25) is 0 Å². The Kier molecular flexibility index (Phi) is 8.34. The Balaban J connectivity index is 0.000000182. The molecule has 0 N–H and O–H groups in total. The second-order valence-electron chi connectivity index (χ2n) is 7.30. The molecule has 32 heavy (non-hydrogen) atoms. The first-order valence-corrected chi connectivity index (χ1v) is 11.7. The molecule has 0 fully saturated rings. The molecule has 8 heteroatoms. The molecule has 0 aliphatic carbocycles. The lowest BCUT2D eigenvalue weighted by atomic mass is 10.1. The summed E-state index contributed by atoms with van der Waals surface area (Å²) in [5.74, 6) is 0.914. The third-order valence-electron chi connectivity index (χ3n) is 4.67. The van der Waals surface area contributed by atoms with Gasteiger partial charge in [0.25, 0.3) is 0 Å². The van der Waals surface area contributed by atoms with Gasteiger partial charge in [-0.05, 0) is 49.2 Å². The molecule has 0 radical (unpaired) electrons. The first kappa shape index (κ1) is 24.3. The third-order valence-corrected chi connectivity index (χ3v) is 5.87. The highest BCUT2D eigenvalue weighted by atomic mass is 79.9. The Bertz CT molecular complexity index is 1230. The lowest BCUT2D eigenvalue weighted by Crippen LogP contribution is -2.10. The van der Waals surface area contributed by atoms with Crippen molar-refractivity contribution in [2.45, 2.75) is 13.8 Å². The average molecular weight is 576 g/mol. The summed E-state index contributed by atoms with van der Waals surface area (Å²) in [4.78, 5) is 18.6. The number of hydrogen-bond donors (Lipinski definition) is 0. The topological polar surface area (TPSA) is 54.8 Å². The van der Waals surface area contributed by atoms with E-state index in [0.29, 0.717) is 5.15 Å². The molecule has 0 aliphatic rings. The Labute approximate surface area is 210 Å². The number of anilines is 1. The zero-order valence-corrected chi connectivity index (χ0v) is 22.1. The van der Waals surface area contributed by atoms with Gasteiger partial charge in [-0.25, -0.2) is 19.9 Å². The predicted molar refractivity (Wildman–Crippen MR) is 139 cm³/mol. The van der Waals surface area contributed by atoms with Crippen molar-refractivity contribution < 1.29 is 0 Å². The Morgan fingerprint density at radius 1 is 0.688 bits per heavy atom. The van der Waals surface area contributed by atoms with Crippen LogP contribution in [0, 0.1) is 13.8 Å². The molecule has 2 aromatic heterocycles. The van der Waals surface area contributed by atoms with Gasteiger partial charge < -0.3 is 4.90 Å². The van der Waals surface area contributed by atoms with Crippen LogP contribution in [-0.2, 0) is 0 Å². The van der Waals surface area contributed by atoms with Crippen LogP contribution in [0.15, 0.2) is 70.1 Å². The van der Waals surface area contributed by atoms with E-state index in [9.17, 15) is 0 Å². The van der Waals surface area contributed by atoms with Crippen LogP contribution in [0.25, 0.3) is 22.5 Å². The number of nitrogens with zero attached hydrogens (tertiary/aromatic N) is 5. The summed E-state index contributed by atoms with van der Waals surface area (Å²) in [5.41, 5.74) is 6.36. The lowest BCUT2D eigenvalue weighted by Gasteiger charge is -2.12. The number of benzene rings is 2. The maximum absolute atomic E-state index is 5.82. The second kappa shape index (κ2) is 11.0. The summed E-state index contributed by atoms with van der Waals surface area (Å²) in [7, 11) is 3.95. The molecule has 4 aromatic rings. The Morgan fingerprint density at radius 3 is 1.66 bits per heavy atom. The van der Waals surface area contributed by atoms with Crippen LogP contribution >= 0.6 is 43.5 Å². The lowest BCUT2D eigenvalue weighted by molar-refractivity contribution is 1.04. The molecule has 0 amide bonds. The SMILES string of the molecule is Cc1cc(Br)ccc1-c1cc(Cl)ncn1.Cc1cc(Br)ccc1-c1cc(N(C)C)ncn1. The van der Waals surface area contributed by atoms with E-state index in [1.54, 1.807) is 12.4 Å². The van der Waals surface area contributed by atoms with E-state index in [1.165, 1.54) is 11.9 Å². The first-order valence-electron chi connectivity index (χ1n) is 9.74. The summed E-state index contributed by atoms with van der Waals surface area (Å²) >= 11 is 12.7. The van der Waals surface area contributed by atoms with Gasteiger partial charge in [-0.1, -0.05) is 55.6 Å². The summed E-state index contributed by atoms with van der Waals surface area (Å²) in [6, 6.07) is 16.0. The maximum atomic E-state index is 5.82. The summed E-state index contributed by atoms with van der Waals surface area (Å²) in [6.07, 6.45) is 3.07. The highest BCUT2D eigenvalue weighted by molar-refractivity contribution is 9.10. The fourth-order valence-electron chi connectivity index (χ4n) is 3.05. The Morgan fingerprint density at radius 2 is 1.19 bits per heavy atom. The number of aromatic nitrogens is 4. The minimum atomic E-state index is 0.460. The van der Waals surface area contributed by atoms with E-state index in [4.69, 9.17) is 11.6 Å². The average Bonchev–Trinajstić information content (AvgIpc) is 2.74. The van der Waals surface area contributed by atoms with Gasteiger partial charge >= 0.3 is 0 Å². The van der Waals surface area contributed by atoms with Gasteiger partial charge in [0, 0.05) is 46.3 Å². The number of rotatable bonds is 3. The van der Waals surface area contributed by atoms with Crippen LogP contribution in [0.1, 0.15) is 11.1 Å². The van der Waals surface area contributed by atoms with Crippen molar-refractivity contribution in [2.24, 2.45) is 0 Å². The molecular formula is C24H22Br2ClN5. The molecule has 5 nitrogen and oxygen atoms in total. The van der Waals surface area contributed by atoms with E-state index >= 15 is 0 Å². The quantitative estimate of drug-likeness (QED) is 0.243. The highest BCUT2D eigenvalue weighted by Gasteiger charge is 2.07. The number of halogens is 3.